The van der Waals surface area contributed by atoms with E-state index in [1.165, 1.54) is 0 Å². The first-order valence-corrected chi connectivity index (χ1v) is 5.79. The van der Waals surface area contributed by atoms with Gasteiger partial charge in [-0.2, -0.15) is 0 Å². The van der Waals surface area contributed by atoms with Crippen LogP contribution in [0.2, 0.25) is 0 Å². The molecule has 1 aromatic rings. The average molecular weight is 286 g/mol. The van der Waals surface area contributed by atoms with Gasteiger partial charge in [0.2, 0.25) is 0 Å². The zero-order valence-corrected chi connectivity index (χ0v) is 10.2. The maximum Gasteiger partial charge on any atom is 0.338 e. The van der Waals surface area contributed by atoms with Crippen molar-refractivity contribution in [3.63, 3.8) is 0 Å². The molecule has 2 rings (SSSR count). The number of rotatable bonds is 2. The van der Waals surface area contributed by atoms with Crippen LogP contribution < -0.4 is 5.73 Å². The van der Waals surface area contributed by atoms with Gasteiger partial charge in [-0.3, -0.25) is 0 Å². The molecule has 1 atom stereocenters. The van der Waals surface area contributed by atoms with E-state index >= 15 is 0 Å². The van der Waals surface area contributed by atoms with Crippen molar-refractivity contribution in [2.45, 2.75) is 12.5 Å². The first-order chi connectivity index (χ1) is 7.65. The minimum absolute atomic E-state index is 0.132. The van der Waals surface area contributed by atoms with Crippen LogP contribution in [0.15, 0.2) is 22.7 Å². The van der Waals surface area contributed by atoms with Crippen molar-refractivity contribution in [2.24, 2.45) is 0 Å². The number of nitrogen functional groups attached to an aromatic ring is 1. The predicted molar refractivity (Wildman–Crippen MR) is 63.2 cm³/mol. The van der Waals surface area contributed by atoms with Crippen LogP contribution in [0.4, 0.5) is 5.69 Å². The number of anilines is 1. The van der Waals surface area contributed by atoms with Crippen LogP contribution >= 0.6 is 15.9 Å². The Balaban J connectivity index is 2.07. The molecule has 16 heavy (non-hydrogen) atoms. The molecule has 86 valence electrons. The molecule has 1 aromatic carbocycles. The topological polar surface area (TPSA) is 61.6 Å². The Morgan fingerprint density at radius 1 is 1.50 bits per heavy atom. The van der Waals surface area contributed by atoms with E-state index in [0.29, 0.717) is 24.5 Å². The Labute approximate surface area is 102 Å². The van der Waals surface area contributed by atoms with Gasteiger partial charge in [0.15, 0.2) is 0 Å². The molecule has 0 radical (unpaired) electrons. The lowest BCUT2D eigenvalue weighted by atomic mass is 10.2. The fraction of sp³-hybridized carbons (Fsp3) is 0.364. The van der Waals surface area contributed by atoms with Gasteiger partial charge in [0.05, 0.1) is 18.8 Å². The number of hydrogen-bond acceptors (Lipinski definition) is 4. The minimum atomic E-state index is -0.358. The van der Waals surface area contributed by atoms with Gasteiger partial charge in [0, 0.05) is 16.6 Å². The molecule has 4 nitrogen and oxygen atoms in total. The van der Waals surface area contributed by atoms with Crippen molar-refractivity contribution in [3.8, 4) is 0 Å². The fourth-order valence-corrected chi connectivity index (χ4v) is 2.07. The molecule has 1 aliphatic heterocycles. The standard InChI is InChI=1S/C11H12BrNO3/c12-8-3-7(4-9(13)5-8)11(14)16-10-1-2-15-6-10/h3-5,10H,1-2,6,13H2. The van der Waals surface area contributed by atoms with Gasteiger partial charge in [0.25, 0.3) is 0 Å². The molecular weight excluding hydrogens is 274 g/mol. The molecule has 0 amide bonds. The normalized spacial score (nSPS) is 19.7. The molecule has 0 aromatic heterocycles. The maximum atomic E-state index is 11.8. The summed E-state index contributed by atoms with van der Waals surface area (Å²) in [6, 6.07) is 5.02. The smallest absolute Gasteiger partial charge is 0.338 e. The number of benzene rings is 1. The van der Waals surface area contributed by atoms with Crippen LogP contribution in [0, 0.1) is 0 Å². The predicted octanol–water partition coefficient (Wildman–Crippen LogP) is 1.98. The number of esters is 1. The van der Waals surface area contributed by atoms with Gasteiger partial charge < -0.3 is 15.2 Å². The first kappa shape index (κ1) is 11.4. The number of halogens is 1. The molecule has 2 N–H and O–H groups in total. The van der Waals surface area contributed by atoms with Crippen LogP contribution in [0.25, 0.3) is 0 Å². The molecule has 0 aliphatic carbocycles. The van der Waals surface area contributed by atoms with Crippen molar-refractivity contribution in [3.05, 3.63) is 28.2 Å². The zero-order chi connectivity index (χ0) is 11.5. The third-order valence-electron chi connectivity index (χ3n) is 2.32. The monoisotopic (exact) mass is 285 g/mol. The Hall–Kier alpha value is -1.07. The third-order valence-corrected chi connectivity index (χ3v) is 2.78. The summed E-state index contributed by atoms with van der Waals surface area (Å²) < 4.78 is 11.2. The van der Waals surface area contributed by atoms with Gasteiger partial charge in [-0.25, -0.2) is 4.79 Å². The van der Waals surface area contributed by atoms with Gasteiger partial charge >= 0.3 is 5.97 Å². The Morgan fingerprint density at radius 2 is 2.31 bits per heavy atom. The molecule has 1 fully saturated rings. The fourth-order valence-electron chi connectivity index (χ4n) is 1.56. The Kier molecular flexibility index (Phi) is 3.46. The highest BCUT2D eigenvalue weighted by atomic mass is 79.9. The summed E-state index contributed by atoms with van der Waals surface area (Å²) in [5.74, 6) is -0.358. The lowest BCUT2D eigenvalue weighted by Crippen LogP contribution is -2.18. The molecule has 0 spiro atoms. The molecule has 1 heterocycles. The lowest BCUT2D eigenvalue weighted by molar-refractivity contribution is 0.0270. The van der Waals surface area contributed by atoms with E-state index < -0.39 is 0 Å². The minimum Gasteiger partial charge on any atom is -0.456 e. The average Bonchev–Trinajstić information content (AvgIpc) is 2.68. The van der Waals surface area contributed by atoms with Crippen LogP contribution in [-0.2, 0) is 9.47 Å². The molecule has 1 aliphatic rings. The van der Waals surface area contributed by atoms with E-state index in [1.807, 2.05) is 0 Å². The second-order valence-corrected chi connectivity index (χ2v) is 4.58. The first-order valence-electron chi connectivity index (χ1n) is 5.00. The van der Waals surface area contributed by atoms with Crippen LogP contribution in [-0.4, -0.2) is 25.3 Å². The van der Waals surface area contributed by atoms with E-state index in [2.05, 4.69) is 15.9 Å². The summed E-state index contributed by atoms with van der Waals surface area (Å²) in [6.45, 7) is 1.13. The van der Waals surface area contributed by atoms with Gasteiger partial charge in [-0.15, -0.1) is 0 Å². The van der Waals surface area contributed by atoms with E-state index in [9.17, 15) is 4.79 Å². The maximum absolute atomic E-state index is 11.8. The van der Waals surface area contributed by atoms with E-state index in [4.69, 9.17) is 15.2 Å². The number of nitrogens with two attached hydrogens (primary N) is 1. The van der Waals surface area contributed by atoms with Gasteiger partial charge in [-0.1, -0.05) is 15.9 Å². The lowest BCUT2D eigenvalue weighted by Gasteiger charge is -2.10. The molecule has 1 unspecified atom stereocenters. The van der Waals surface area contributed by atoms with Crippen molar-refractivity contribution >= 4 is 27.6 Å². The number of carbonyl (C=O) groups is 1. The summed E-state index contributed by atoms with van der Waals surface area (Å²) >= 11 is 3.28. The highest BCUT2D eigenvalue weighted by Gasteiger charge is 2.21. The SMILES string of the molecule is Nc1cc(Br)cc(C(=O)OC2CCOC2)c1. The Bertz CT molecular complexity index is 382. The quantitative estimate of drug-likeness (QED) is 0.667. The van der Waals surface area contributed by atoms with Crippen LogP contribution in [0.3, 0.4) is 0 Å². The van der Waals surface area contributed by atoms with Crippen molar-refractivity contribution < 1.29 is 14.3 Å². The number of hydrogen-bond donors (Lipinski definition) is 1. The van der Waals surface area contributed by atoms with Gasteiger partial charge in [0.1, 0.15) is 6.10 Å². The number of ether oxygens (including phenoxy) is 2. The Morgan fingerprint density at radius 3 is 2.94 bits per heavy atom. The van der Waals surface area contributed by atoms with Crippen LogP contribution in [0.5, 0.6) is 0 Å². The second-order valence-electron chi connectivity index (χ2n) is 3.66. The van der Waals surface area contributed by atoms with E-state index in [0.717, 1.165) is 10.9 Å². The largest absolute Gasteiger partial charge is 0.456 e. The summed E-state index contributed by atoms with van der Waals surface area (Å²) in [5, 5.41) is 0. The molecule has 5 heteroatoms. The van der Waals surface area contributed by atoms with Crippen LogP contribution in [0.1, 0.15) is 16.8 Å². The second kappa shape index (κ2) is 4.84. The summed E-state index contributed by atoms with van der Waals surface area (Å²) in [7, 11) is 0. The highest BCUT2D eigenvalue weighted by Crippen LogP contribution is 2.19. The van der Waals surface area contributed by atoms with Crippen molar-refractivity contribution in [1.29, 1.82) is 0 Å². The van der Waals surface area contributed by atoms with E-state index in [1.54, 1.807) is 18.2 Å². The summed E-state index contributed by atoms with van der Waals surface area (Å²) in [5.41, 5.74) is 6.63. The van der Waals surface area contributed by atoms with E-state index in [-0.39, 0.29) is 12.1 Å². The highest BCUT2D eigenvalue weighted by molar-refractivity contribution is 9.10. The van der Waals surface area contributed by atoms with Crippen molar-refractivity contribution in [1.82, 2.24) is 0 Å². The van der Waals surface area contributed by atoms with Crippen molar-refractivity contribution in [2.75, 3.05) is 18.9 Å². The molecule has 0 bridgehead atoms. The molecule has 0 saturated carbocycles. The molecular formula is C11H12BrNO3. The summed E-state index contributed by atoms with van der Waals surface area (Å²) in [4.78, 5) is 11.8. The zero-order valence-electron chi connectivity index (χ0n) is 8.61. The molecule has 1 saturated heterocycles. The number of carbonyl (C=O) groups excluding carboxylic acids is 1. The summed E-state index contributed by atoms with van der Waals surface area (Å²) in [6.07, 6.45) is 0.627. The third kappa shape index (κ3) is 2.74. The van der Waals surface area contributed by atoms with Gasteiger partial charge in [-0.05, 0) is 18.2 Å².